The number of carbonyl (C=O) groups excluding carboxylic acids is 6. The summed E-state index contributed by atoms with van der Waals surface area (Å²) in [7, 11) is 0. The normalized spacial score (nSPS) is 30.9. The number of hydrogen-bond donors (Lipinski definition) is 4. The number of aliphatic hydroxyl groups is 3. The van der Waals surface area contributed by atoms with E-state index in [2.05, 4.69) is 5.32 Å². The van der Waals surface area contributed by atoms with Gasteiger partial charge in [-0.1, -0.05) is 62.4 Å². The van der Waals surface area contributed by atoms with Crippen LogP contribution < -0.4 is 5.32 Å². The summed E-state index contributed by atoms with van der Waals surface area (Å²) < 4.78 is 70.9. The maximum Gasteiger partial charge on any atom is 0.416 e. The Hall–Kier alpha value is -5.95. The molecule has 1 amide bonds. The van der Waals surface area contributed by atoms with Crippen molar-refractivity contribution in [2.75, 3.05) is 6.61 Å². The first-order valence-electron chi connectivity index (χ1n) is 21.2. The Labute approximate surface area is 377 Å². The van der Waals surface area contributed by atoms with E-state index < -0.39 is 124 Å². The first kappa shape index (κ1) is 48.0. The van der Waals surface area contributed by atoms with E-state index in [0.29, 0.717) is 12.1 Å². The molecule has 0 radical (unpaired) electrons. The van der Waals surface area contributed by atoms with E-state index in [-0.39, 0.29) is 40.9 Å². The number of hydrogen-bond acceptors (Lipinski definition) is 14. The van der Waals surface area contributed by atoms with Gasteiger partial charge in [-0.05, 0) is 72.4 Å². The molecule has 352 valence electrons. The first-order valence-corrected chi connectivity index (χ1v) is 21.2. The van der Waals surface area contributed by atoms with Crippen LogP contribution in [0.5, 0.6) is 0 Å². The van der Waals surface area contributed by atoms with Crippen LogP contribution >= 0.6 is 0 Å². The second-order valence-electron chi connectivity index (χ2n) is 18.0. The van der Waals surface area contributed by atoms with Gasteiger partial charge < -0.3 is 44.3 Å². The summed E-state index contributed by atoms with van der Waals surface area (Å²) >= 11 is 0. The second-order valence-corrected chi connectivity index (χ2v) is 18.0. The molecular formula is C48H50F3NO14. The van der Waals surface area contributed by atoms with Gasteiger partial charge in [0.2, 0.25) is 0 Å². The average molecular weight is 922 g/mol. The maximum absolute atomic E-state index is 15.5. The zero-order valence-corrected chi connectivity index (χ0v) is 36.7. The Morgan fingerprint density at radius 2 is 1.42 bits per heavy atom. The van der Waals surface area contributed by atoms with Crippen LogP contribution in [0.4, 0.5) is 13.2 Å². The van der Waals surface area contributed by atoms with E-state index in [1.54, 1.807) is 38.1 Å². The molecule has 3 aliphatic carbocycles. The van der Waals surface area contributed by atoms with E-state index in [1.807, 2.05) is 0 Å². The van der Waals surface area contributed by atoms with Gasteiger partial charge in [0.1, 0.15) is 24.4 Å². The van der Waals surface area contributed by atoms with Gasteiger partial charge in [-0.25, -0.2) is 9.59 Å². The summed E-state index contributed by atoms with van der Waals surface area (Å²) in [6.07, 6.45) is -17.3. The molecule has 12 atom stereocenters. The van der Waals surface area contributed by atoms with E-state index in [1.165, 1.54) is 50.2 Å². The number of ether oxygens (including phenoxy) is 5. The Kier molecular flexibility index (Phi) is 12.9. The minimum Gasteiger partial charge on any atom is -0.458 e. The number of aliphatic hydroxyl groups excluding tert-OH is 3. The summed E-state index contributed by atoms with van der Waals surface area (Å²) in [5, 5.41) is 39.1. The third-order valence-corrected chi connectivity index (χ3v) is 13.7. The molecule has 3 aromatic rings. The molecule has 4 N–H and O–H groups in total. The smallest absolute Gasteiger partial charge is 0.416 e. The van der Waals surface area contributed by atoms with Crippen molar-refractivity contribution >= 4 is 35.6 Å². The van der Waals surface area contributed by atoms with Crippen LogP contribution in [0.1, 0.15) is 85.8 Å². The van der Waals surface area contributed by atoms with Crippen LogP contribution in [0.25, 0.3) is 0 Å². The molecular weight excluding hydrogens is 872 g/mol. The van der Waals surface area contributed by atoms with Crippen LogP contribution in [0.3, 0.4) is 0 Å². The van der Waals surface area contributed by atoms with E-state index >= 15 is 4.79 Å². The molecule has 3 fully saturated rings. The number of alkyl halides is 3. The van der Waals surface area contributed by atoms with Crippen molar-refractivity contribution in [1.29, 1.82) is 0 Å². The number of halogens is 3. The monoisotopic (exact) mass is 921 g/mol. The zero-order chi connectivity index (χ0) is 48.3. The van der Waals surface area contributed by atoms with Crippen molar-refractivity contribution in [2.45, 2.75) is 109 Å². The highest BCUT2D eigenvalue weighted by Crippen LogP contribution is 2.63. The molecule has 1 saturated heterocycles. The van der Waals surface area contributed by atoms with Crippen LogP contribution in [0, 0.1) is 22.7 Å². The largest absolute Gasteiger partial charge is 0.458 e. The molecule has 7 rings (SSSR count). The van der Waals surface area contributed by atoms with Crippen LogP contribution in [-0.4, -0.2) is 106 Å². The number of amides is 1. The molecule has 3 aromatic carbocycles. The van der Waals surface area contributed by atoms with Gasteiger partial charge in [0.15, 0.2) is 23.6 Å². The fraction of sp³-hybridized carbons (Fsp3) is 0.458. The Balaban J connectivity index is 1.38. The molecule has 18 heteroatoms. The predicted molar refractivity (Wildman–Crippen MR) is 223 cm³/mol. The molecule has 1 heterocycles. The van der Waals surface area contributed by atoms with Gasteiger partial charge in [0.05, 0.1) is 41.2 Å². The molecule has 15 nitrogen and oxygen atoms in total. The summed E-state index contributed by atoms with van der Waals surface area (Å²) in [5.74, 6) is -8.94. The van der Waals surface area contributed by atoms with Crippen molar-refractivity contribution in [1.82, 2.24) is 5.32 Å². The highest BCUT2D eigenvalue weighted by atomic mass is 19.4. The number of esters is 4. The fourth-order valence-electron chi connectivity index (χ4n) is 10.6. The van der Waals surface area contributed by atoms with Crippen molar-refractivity contribution in [3.05, 3.63) is 118 Å². The molecule has 2 unspecified atom stereocenters. The molecule has 0 spiro atoms. The van der Waals surface area contributed by atoms with Gasteiger partial charge in [-0.2, -0.15) is 13.2 Å². The van der Waals surface area contributed by atoms with E-state index in [4.69, 9.17) is 23.7 Å². The van der Waals surface area contributed by atoms with Crippen LogP contribution in [0.15, 0.2) is 96.1 Å². The lowest BCUT2D eigenvalue weighted by Gasteiger charge is -2.66. The number of benzene rings is 3. The summed E-state index contributed by atoms with van der Waals surface area (Å²) in [4.78, 5) is 83.6. The number of nitrogens with one attached hydrogen (secondary N) is 1. The van der Waals surface area contributed by atoms with Crippen molar-refractivity contribution in [3.63, 3.8) is 0 Å². The topological polar surface area (TPSA) is 221 Å². The quantitative estimate of drug-likeness (QED) is 0.124. The second kappa shape index (κ2) is 17.7. The van der Waals surface area contributed by atoms with E-state index in [0.717, 1.165) is 26.0 Å². The number of Topliss-reactive ketones (excluding diaryl/α,β-unsaturated/α-hetero) is 1. The molecule has 2 saturated carbocycles. The standard InChI is InChI=1S/C48H50F3NO14/c1-23-32-39(63-24(2)53)41(58)46(6)30(55)21-31-47(22-62-31,66-25(3)54)40(46)38(65-43(60)28-15-11-8-12-16-28)33(45(32,4)5)35(56)37(23)64-44(61)36(57)34(52-42(59)27-13-9-7-10-14-27)26-17-19-29(20-18-26)48(49,50)51/h7-20,30-31,33-40,55-57H,21-22H2,1-6H3,(H,52,59)/t30-,31+,33?,34+,35+,36-,37+,38+,39+,40?,46+,47-/m0/s1. The van der Waals surface area contributed by atoms with Crippen LogP contribution in [-0.2, 0) is 49.0 Å². The summed E-state index contributed by atoms with van der Waals surface area (Å²) in [6.45, 7) is 7.73. The van der Waals surface area contributed by atoms with Gasteiger partial charge in [0.25, 0.3) is 5.91 Å². The molecule has 66 heavy (non-hydrogen) atoms. The van der Waals surface area contributed by atoms with Crippen LogP contribution in [0.2, 0.25) is 0 Å². The van der Waals surface area contributed by atoms with Gasteiger partial charge in [0, 0.05) is 31.7 Å². The van der Waals surface area contributed by atoms with Gasteiger partial charge >= 0.3 is 30.1 Å². The Bertz CT molecular complexity index is 2420. The summed E-state index contributed by atoms with van der Waals surface area (Å²) in [6, 6.07) is 16.8. The van der Waals surface area contributed by atoms with Gasteiger partial charge in [-0.15, -0.1) is 0 Å². The number of fused-ring (bicyclic) bond motifs is 5. The highest BCUT2D eigenvalue weighted by Gasteiger charge is 2.76. The lowest BCUT2D eigenvalue weighted by Crippen LogP contribution is -2.80. The van der Waals surface area contributed by atoms with E-state index in [9.17, 15) is 52.5 Å². The van der Waals surface area contributed by atoms with Crippen molar-refractivity contribution in [2.24, 2.45) is 22.7 Å². The zero-order valence-electron chi connectivity index (χ0n) is 36.7. The minimum atomic E-state index is -4.75. The lowest BCUT2D eigenvalue weighted by atomic mass is 9.45. The Morgan fingerprint density at radius 1 is 0.833 bits per heavy atom. The number of ketones is 1. The number of rotatable bonds is 10. The molecule has 4 aliphatic rings. The summed E-state index contributed by atoms with van der Waals surface area (Å²) in [5.41, 5.74) is -6.53. The first-order chi connectivity index (χ1) is 30.9. The van der Waals surface area contributed by atoms with Gasteiger partial charge in [-0.3, -0.25) is 19.2 Å². The molecule has 0 aromatic heterocycles. The average Bonchev–Trinajstić information content (AvgIpc) is 3.26. The SMILES string of the molecule is CC(=O)O[C@H]1C(=O)[C@@]2(C)C([C@H](OC(=O)c3ccccc3)C3[C@@H](O)[C@H](OC(=O)[C@@H](O)[C@H](NC(=O)c4ccccc4)c4ccc(C(F)(F)F)cc4)C(C)=C1C3(C)C)[C@]1(OC(C)=O)CO[C@@H]1C[C@@H]2O. The van der Waals surface area contributed by atoms with Crippen molar-refractivity contribution in [3.8, 4) is 0 Å². The highest BCUT2D eigenvalue weighted by molar-refractivity contribution is 5.96. The predicted octanol–water partition coefficient (Wildman–Crippen LogP) is 4.61. The fourth-order valence-corrected chi connectivity index (χ4v) is 10.6. The maximum atomic E-state index is 15.5. The van der Waals surface area contributed by atoms with Crippen molar-refractivity contribution < 1.29 is 80.9 Å². The molecule has 2 bridgehead atoms. The third kappa shape index (κ3) is 8.28. The minimum absolute atomic E-state index is 0.0110. The number of carbonyl (C=O) groups is 6. The molecule has 1 aliphatic heterocycles. The Morgan fingerprint density at radius 3 is 1.95 bits per heavy atom. The third-order valence-electron chi connectivity index (χ3n) is 13.7. The lowest BCUT2D eigenvalue weighted by molar-refractivity contribution is -0.337.